The van der Waals surface area contributed by atoms with Crippen molar-refractivity contribution in [3.63, 3.8) is 0 Å². The van der Waals surface area contributed by atoms with Crippen molar-refractivity contribution in [1.29, 1.82) is 0 Å². The van der Waals surface area contributed by atoms with Gasteiger partial charge in [-0.15, -0.1) is 11.3 Å². The monoisotopic (exact) mass is 706 g/mol. The van der Waals surface area contributed by atoms with Crippen LogP contribution < -0.4 is 21.1 Å². The average molecular weight is 707 g/mol. The fourth-order valence-electron chi connectivity index (χ4n) is 4.18. The van der Waals surface area contributed by atoms with Crippen LogP contribution in [0, 0.1) is 0 Å². The van der Waals surface area contributed by atoms with Crippen LogP contribution >= 0.6 is 32.9 Å². The third-order valence-corrected chi connectivity index (χ3v) is 10.0. The number of carbonyl (C=O) groups is 5. The molecule has 0 saturated heterocycles. The van der Waals surface area contributed by atoms with Crippen LogP contribution in [0.15, 0.2) is 60.0 Å². The predicted octanol–water partition coefficient (Wildman–Crippen LogP) is 3.74. The number of fused-ring (bicyclic) bond motifs is 1. The van der Waals surface area contributed by atoms with Gasteiger partial charge in [0.25, 0.3) is 0 Å². The molecule has 0 radical (unpaired) electrons. The molecule has 0 bridgehead atoms. The van der Waals surface area contributed by atoms with Crippen molar-refractivity contribution in [3.05, 3.63) is 64.9 Å². The lowest BCUT2D eigenvalue weighted by Gasteiger charge is -2.23. The highest BCUT2D eigenvalue weighted by Crippen LogP contribution is 2.33. The van der Waals surface area contributed by atoms with Crippen LogP contribution in [0.1, 0.15) is 30.2 Å². The Hall–Kier alpha value is -3.99. The summed E-state index contributed by atoms with van der Waals surface area (Å²) in [4.78, 5) is 61.6. The minimum Gasteiger partial charge on any atom is -0.484 e. The molecule has 0 fully saturated rings. The molecule has 2 aromatic carbocycles. The van der Waals surface area contributed by atoms with Gasteiger partial charge in [-0.2, -0.15) is 0 Å². The van der Waals surface area contributed by atoms with Gasteiger partial charge in [0.1, 0.15) is 37.1 Å². The summed E-state index contributed by atoms with van der Waals surface area (Å²) in [6.45, 7) is -0.144. The van der Waals surface area contributed by atoms with E-state index in [9.17, 15) is 24.0 Å². The van der Waals surface area contributed by atoms with Gasteiger partial charge < -0.3 is 41.0 Å². The van der Waals surface area contributed by atoms with Gasteiger partial charge in [0.2, 0.25) is 11.8 Å². The molecule has 0 aliphatic rings. The Bertz CT molecular complexity index is 1490. The quantitative estimate of drug-likeness (QED) is 0.0844. The fourth-order valence-corrected chi connectivity index (χ4v) is 6.96. The van der Waals surface area contributed by atoms with Crippen LogP contribution in [0.4, 0.5) is 4.79 Å². The first-order chi connectivity index (χ1) is 22.5. The van der Waals surface area contributed by atoms with Crippen LogP contribution in [0.25, 0.3) is 10.8 Å². The number of thiophene rings is 1. The average Bonchev–Trinajstić information content (AvgIpc) is 3.60. The van der Waals surface area contributed by atoms with Gasteiger partial charge in [-0.05, 0) is 29.3 Å². The molecule has 3 amide bonds. The molecule has 1 aromatic heterocycles. The number of carbonyl (C=O) groups excluding carboxylic acids is 3. The Morgan fingerprint density at radius 2 is 1.77 bits per heavy atom. The summed E-state index contributed by atoms with van der Waals surface area (Å²) in [5.74, 6) is -2.55. The van der Waals surface area contributed by atoms with E-state index < -0.39 is 48.5 Å². The number of aliphatic carboxylic acids is 2. The molecule has 47 heavy (non-hydrogen) atoms. The number of rotatable bonds is 20. The Kier molecular flexibility index (Phi) is 15.6. The van der Waals surface area contributed by atoms with Crippen LogP contribution in [-0.2, 0) is 23.9 Å². The second-order valence-corrected chi connectivity index (χ2v) is 13.9. The maximum Gasteiger partial charge on any atom is 0.409 e. The van der Waals surface area contributed by atoms with Crippen molar-refractivity contribution < 1.29 is 43.7 Å². The smallest absolute Gasteiger partial charge is 0.409 e. The minimum absolute atomic E-state index is 0.0848. The number of hydrogen-bond donors (Lipinski definition) is 5. The third-order valence-electron chi connectivity index (χ3n) is 6.69. The second kappa shape index (κ2) is 19.6. The highest BCUT2D eigenvalue weighted by Gasteiger charge is 2.23. The summed E-state index contributed by atoms with van der Waals surface area (Å²) >= 11 is 1.59. The zero-order chi connectivity index (χ0) is 34.2. The first-order valence-electron chi connectivity index (χ1n) is 14.6. The molecule has 6 N–H and O–H groups in total. The van der Waals surface area contributed by atoms with E-state index in [-0.39, 0.29) is 31.3 Å². The maximum absolute atomic E-state index is 12.7. The van der Waals surface area contributed by atoms with Crippen LogP contribution in [0.5, 0.6) is 5.75 Å². The highest BCUT2D eigenvalue weighted by atomic mass is 33.1. The van der Waals surface area contributed by atoms with Crippen molar-refractivity contribution in [3.8, 4) is 5.75 Å². The predicted molar refractivity (Wildman–Crippen MR) is 183 cm³/mol. The van der Waals surface area contributed by atoms with Crippen LogP contribution in [0.2, 0.25) is 0 Å². The van der Waals surface area contributed by atoms with Gasteiger partial charge in [0.05, 0.1) is 0 Å². The molecule has 3 rings (SSSR count). The molecule has 1 unspecified atom stereocenters. The van der Waals surface area contributed by atoms with E-state index in [4.69, 9.17) is 25.4 Å². The number of nitrogens with one attached hydrogen (secondary N) is 2. The molecule has 16 heteroatoms. The summed E-state index contributed by atoms with van der Waals surface area (Å²) in [6.07, 6.45) is -0.570. The number of carboxylic acid groups (broad SMARTS) is 2. The Morgan fingerprint density at radius 3 is 2.49 bits per heavy atom. The molecule has 254 valence electrons. The first-order valence-corrected chi connectivity index (χ1v) is 18.0. The molecule has 0 aliphatic heterocycles. The summed E-state index contributed by atoms with van der Waals surface area (Å²) in [5, 5.41) is 26.5. The standard InChI is InChI=1S/C31H38N4O9S3/c1-35(14-13-25(26-10-5-16-45-26)44-24-9-4-7-20-6-2-3-8-21(20)24)31(42)43-15-17-46-47-19-23(29(39)33-18-28(37)38)34-27(36)12-11-22(32)30(40)41/h2-10,16,22-23,25H,11-15,17-19,32H2,1H3,(H,33,39)(H,34,36)(H,37,38)(H,40,41)/t22?,23-,25-/m0/s1. The van der Waals surface area contributed by atoms with E-state index in [1.165, 1.54) is 26.5 Å². The molecule has 13 nitrogen and oxygen atoms in total. The van der Waals surface area contributed by atoms with Gasteiger partial charge in [0.15, 0.2) is 0 Å². The number of nitrogens with zero attached hydrogens (tertiary/aromatic N) is 1. The summed E-state index contributed by atoms with van der Waals surface area (Å²) in [7, 11) is 4.18. The van der Waals surface area contributed by atoms with E-state index in [0.29, 0.717) is 18.7 Å². The number of ether oxygens (including phenoxy) is 2. The van der Waals surface area contributed by atoms with Gasteiger partial charge in [0, 0.05) is 48.2 Å². The lowest BCUT2D eigenvalue weighted by Crippen LogP contribution is -2.49. The van der Waals surface area contributed by atoms with Crippen molar-refractivity contribution >= 4 is 73.5 Å². The summed E-state index contributed by atoms with van der Waals surface area (Å²) < 4.78 is 11.9. The van der Waals surface area contributed by atoms with E-state index in [0.717, 1.165) is 21.4 Å². The number of carboxylic acids is 2. The lowest BCUT2D eigenvalue weighted by atomic mass is 10.1. The number of benzene rings is 2. The van der Waals surface area contributed by atoms with Gasteiger partial charge in [-0.3, -0.25) is 19.2 Å². The Labute approximate surface area is 283 Å². The molecule has 0 spiro atoms. The molecular weight excluding hydrogens is 669 g/mol. The van der Waals surface area contributed by atoms with Gasteiger partial charge >= 0.3 is 18.0 Å². The summed E-state index contributed by atoms with van der Waals surface area (Å²) in [6, 6.07) is 15.6. The normalized spacial score (nSPS) is 12.8. The Morgan fingerprint density at radius 1 is 1.00 bits per heavy atom. The number of nitrogens with two attached hydrogens (primary N) is 1. The molecule has 0 saturated carbocycles. The van der Waals surface area contributed by atoms with E-state index in [1.807, 2.05) is 60.0 Å². The van der Waals surface area contributed by atoms with Crippen molar-refractivity contribution in [2.75, 3.05) is 38.2 Å². The third kappa shape index (κ3) is 13.0. The largest absolute Gasteiger partial charge is 0.484 e. The van der Waals surface area contributed by atoms with Crippen molar-refractivity contribution in [1.82, 2.24) is 15.5 Å². The lowest BCUT2D eigenvalue weighted by molar-refractivity contribution is -0.139. The molecule has 0 aliphatic carbocycles. The molecular formula is C31H38N4O9S3. The zero-order valence-electron chi connectivity index (χ0n) is 25.7. The second-order valence-electron chi connectivity index (χ2n) is 10.2. The van der Waals surface area contributed by atoms with Crippen LogP contribution in [-0.4, -0.2) is 95.3 Å². The molecule has 3 atom stereocenters. The maximum atomic E-state index is 12.7. The SMILES string of the molecule is CN(CC[C@H](Oc1cccc2ccccc12)c1cccs1)C(=O)OCCSSC[C@H](NC(=O)CCC(N)C(=O)O)C(=O)NCC(=O)O. The first kappa shape index (κ1) is 37.5. The van der Waals surface area contributed by atoms with Crippen molar-refractivity contribution in [2.45, 2.75) is 37.5 Å². The highest BCUT2D eigenvalue weighted by molar-refractivity contribution is 8.76. The van der Waals surface area contributed by atoms with E-state index in [1.54, 1.807) is 18.4 Å². The molecule has 1 heterocycles. The topological polar surface area (TPSA) is 198 Å². The van der Waals surface area contributed by atoms with Crippen molar-refractivity contribution in [2.24, 2.45) is 5.73 Å². The minimum atomic E-state index is -1.25. The Balaban J connectivity index is 1.43. The summed E-state index contributed by atoms with van der Waals surface area (Å²) in [5.41, 5.74) is 5.42. The zero-order valence-corrected chi connectivity index (χ0v) is 28.1. The van der Waals surface area contributed by atoms with Gasteiger partial charge in [-0.1, -0.05) is 64.1 Å². The fraction of sp³-hybridized carbons (Fsp3) is 0.387. The van der Waals surface area contributed by atoms with E-state index in [2.05, 4.69) is 10.6 Å². The van der Waals surface area contributed by atoms with Crippen LogP contribution in [0.3, 0.4) is 0 Å². The van der Waals surface area contributed by atoms with Gasteiger partial charge in [-0.25, -0.2) is 4.79 Å². The molecule has 3 aromatic rings. The number of amides is 3. The number of hydrogen-bond acceptors (Lipinski definition) is 11. The van der Waals surface area contributed by atoms with E-state index >= 15 is 0 Å².